The third-order valence-corrected chi connectivity index (χ3v) is 8.22. The Morgan fingerprint density at radius 2 is 1.42 bits per heavy atom. The zero-order chi connectivity index (χ0) is 24.4. The van der Waals surface area contributed by atoms with Crippen LogP contribution >= 0.6 is 7.60 Å². The summed E-state index contributed by atoms with van der Waals surface area (Å²) in [6.45, 7) is 12.9. The Labute approximate surface area is 200 Å². The highest BCUT2D eigenvalue weighted by Gasteiger charge is 2.27. The number of benzene rings is 2. The summed E-state index contributed by atoms with van der Waals surface area (Å²) < 4.78 is 24.2. The maximum atomic E-state index is 13.2. The van der Waals surface area contributed by atoms with Crippen LogP contribution in [0.3, 0.4) is 0 Å². The molecule has 5 nitrogen and oxygen atoms in total. The third kappa shape index (κ3) is 7.68. The van der Waals surface area contributed by atoms with Gasteiger partial charge in [-0.25, -0.2) is 0 Å². The van der Waals surface area contributed by atoms with Crippen LogP contribution in [0.2, 0.25) is 0 Å². The Balaban J connectivity index is 2.51. The van der Waals surface area contributed by atoms with Crippen molar-refractivity contribution in [1.29, 1.82) is 0 Å². The summed E-state index contributed by atoms with van der Waals surface area (Å²) in [5.74, 6) is 0.890. The first-order valence-electron chi connectivity index (χ1n) is 12.3. The first-order valence-corrected chi connectivity index (χ1v) is 14.0. The standard InChI is InChI=1S/C27H42NO4P/c1-7-20(5)24-17-23(18-25(27(24)29)21(6)8-2)26(16-22-14-12-11-13-15-22)28-19-33(30,31-9-3)32-10-4/h11-15,17-18,20-21,26,28-29H,7-10,16,19H2,1-6H3. The Hall–Kier alpha value is -1.65. The molecule has 0 heterocycles. The van der Waals surface area contributed by atoms with Crippen molar-refractivity contribution in [3.8, 4) is 5.75 Å². The van der Waals surface area contributed by atoms with Crippen LogP contribution in [-0.2, 0) is 20.0 Å². The average molecular weight is 476 g/mol. The van der Waals surface area contributed by atoms with Crippen LogP contribution < -0.4 is 5.32 Å². The molecule has 184 valence electrons. The van der Waals surface area contributed by atoms with E-state index in [2.05, 4.69) is 57.3 Å². The van der Waals surface area contributed by atoms with Crippen molar-refractivity contribution in [3.05, 3.63) is 64.7 Å². The molecule has 0 fully saturated rings. The van der Waals surface area contributed by atoms with Gasteiger partial charge in [0.2, 0.25) is 0 Å². The largest absolute Gasteiger partial charge is 0.507 e. The Kier molecular flexibility index (Phi) is 11.1. The smallest absolute Gasteiger partial charge is 0.344 e. The summed E-state index contributed by atoms with van der Waals surface area (Å²) in [5, 5.41) is 14.6. The SMILES string of the molecule is CCOP(=O)(CNC(Cc1ccccc1)c1cc(C(C)CC)c(O)c(C(C)CC)c1)OCC. The molecule has 0 aromatic heterocycles. The van der Waals surface area contributed by atoms with E-state index >= 15 is 0 Å². The Morgan fingerprint density at radius 1 is 0.909 bits per heavy atom. The lowest BCUT2D eigenvalue weighted by atomic mass is 9.86. The molecular formula is C27H42NO4P. The van der Waals surface area contributed by atoms with Gasteiger partial charge >= 0.3 is 7.60 Å². The molecule has 33 heavy (non-hydrogen) atoms. The summed E-state index contributed by atoms with van der Waals surface area (Å²) >= 11 is 0. The molecule has 2 aromatic rings. The molecule has 0 aliphatic rings. The highest BCUT2D eigenvalue weighted by molar-refractivity contribution is 7.53. The maximum absolute atomic E-state index is 13.2. The Morgan fingerprint density at radius 3 is 1.88 bits per heavy atom. The molecule has 0 saturated heterocycles. The topological polar surface area (TPSA) is 67.8 Å². The normalized spacial score (nSPS) is 14.7. The fourth-order valence-electron chi connectivity index (χ4n) is 4.00. The van der Waals surface area contributed by atoms with Gasteiger partial charge in [0.25, 0.3) is 0 Å². The van der Waals surface area contributed by atoms with Crippen molar-refractivity contribution in [2.75, 3.05) is 19.5 Å². The molecule has 0 saturated carbocycles. The second-order valence-corrected chi connectivity index (χ2v) is 10.8. The van der Waals surface area contributed by atoms with Crippen LogP contribution in [0.25, 0.3) is 0 Å². The van der Waals surface area contributed by atoms with E-state index in [1.807, 2.05) is 32.0 Å². The van der Waals surface area contributed by atoms with Gasteiger partial charge in [0, 0.05) is 6.04 Å². The number of hydrogen-bond donors (Lipinski definition) is 2. The van der Waals surface area contributed by atoms with E-state index < -0.39 is 7.60 Å². The van der Waals surface area contributed by atoms with Crippen molar-refractivity contribution in [2.24, 2.45) is 0 Å². The van der Waals surface area contributed by atoms with Crippen LogP contribution in [0.5, 0.6) is 5.75 Å². The fraction of sp³-hybridized carbons (Fsp3) is 0.556. The van der Waals surface area contributed by atoms with Crippen molar-refractivity contribution in [2.45, 2.75) is 78.7 Å². The number of phenols is 1. The molecule has 3 atom stereocenters. The molecule has 2 rings (SSSR count). The number of nitrogens with one attached hydrogen (secondary N) is 1. The summed E-state index contributed by atoms with van der Waals surface area (Å²) in [4.78, 5) is 0. The molecule has 3 unspecified atom stereocenters. The molecule has 2 aromatic carbocycles. The number of hydrogen-bond acceptors (Lipinski definition) is 5. The molecular weight excluding hydrogens is 433 g/mol. The predicted octanol–water partition coefficient (Wildman–Crippen LogP) is 7.52. The molecule has 2 N–H and O–H groups in total. The lowest BCUT2D eigenvalue weighted by molar-refractivity contribution is 0.216. The van der Waals surface area contributed by atoms with E-state index in [-0.39, 0.29) is 24.2 Å². The van der Waals surface area contributed by atoms with E-state index in [1.54, 1.807) is 0 Å². The van der Waals surface area contributed by atoms with Crippen molar-refractivity contribution in [3.63, 3.8) is 0 Å². The molecule has 0 bridgehead atoms. The third-order valence-electron chi connectivity index (χ3n) is 6.35. The van der Waals surface area contributed by atoms with Gasteiger partial charge in [0.1, 0.15) is 5.75 Å². The monoisotopic (exact) mass is 475 g/mol. The molecule has 6 heteroatoms. The number of aromatic hydroxyl groups is 1. The highest BCUT2D eigenvalue weighted by Crippen LogP contribution is 2.47. The van der Waals surface area contributed by atoms with Gasteiger partial charge in [-0.2, -0.15) is 0 Å². The second-order valence-electron chi connectivity index (χ2n) is 8.72. The van der Waals surface area contributed by atoms with Crippen LogP contribution in [-0.4, -0.2) is 24.6 Å². The number of rotatable bonds is 14. The van der Waals surface area contributed by atoms with E-state index in [0.717, 1.165) is 36.0 Å². The van der Waals surface area contributed by atoms with Crippen LogP contribution in [0.4, 0.5) is 0 Å². The van der Waals surface area contributed by atoms with Crippen molar-refractivity contribution >= 4 is 7.60 Å². The lowest BCUT2D eigenvalue weighted by Crippen LogP contribution is -2.26. The van der Waals surface area contributed by atoms with E-state index in [1.165, 1.54) is 5.56 Å². The van der Waals surface area contributed by atoms with Gasteiger partial charge in [-0.05, 0) is 67.2 Å². The number of phenolic OH excluding ortho intramolecular Hbond substituents is 1. The molecule has 0 aliphatic heterocycles. The highest BCUT2D eigenvalue weighted by atomic mass is 31.2. The van der Waals surface area contributed by atoms with E-state index in [9.17, 15) is 9.67 Å². The summed E-state index contributed by atoms with van der Waals surface area (Å²) in [7, 11) is -3.24. The van der Waals surface area contributed by atoms with E-state index in [0.29, 0.717) is 19.0 Å². The summed E-state index contributed by atoms with van der Waals surface area (Å²) in [6.07, 6.45) is 2.74. The average Bonchev–Trinajstić information content (AvgIpc) is 2.82. The molecule has 0 spiro atoms. The second kappa shape index (κ2) is 13.3. The van der Waals surface area contributed by atoms with E-state index in [4.69, 9.17) is 9.05 Å². The van der Waals surface area contributed by atoms with Crippen molar-refractivity contribution < 1.29 is 18.7 Å². The Bertz CT molecular complexity index is 861. The molecule has 0 aliphatic carbocycles. The van der Waals surface area contributed by atoms with Gasteiger partial charge in [0.05, 0.1) is 19.5 Å². The summed E-state index contributed by atoms with van der Waals surface area (Å²) in [6, 6.07) is 14.4. The van der Waals surface area contributed by atoms with Gasteiger partial charge in [0.15, 0.2) is 0 Å². The quantitative estimate of drug-likeness (QED) is 0.277. The fourth-order valence-corrected chi connectivity index (χ4v) is 5.49. The minimum atomic E-state index is -3.24. The van der Waals surface area contributed by atoms with Crippen LogP contribution in [0, 0.1) is 0 Å². The van der Waals surface area contributed by atoms with Gasteiger partial charge in [-0.15, -0.1) is 0 Å². The summed E-state index contributed by atoms with van der Waals surface area (Å²) in [5.41, 5.74) is 4.22. The van der Waals surface area contributed by atoms with Gasteiger partial charge < -0.3 is 14.2 Å². The predicted molar refractivity (Wildman–Crippen MR) is 137 cm³/mol. The van der Waals surface area contributed by atoms with Crippen LogP contribution in [0.1, 0.15) is 94.5 Å². The minimum absolute atomic E-state index is 0.104. The first-order chi connectivity index (χ1) is 15.8. The first kappa shape index (κ1) is 27.6. The lowest BCUT2D eigenvalue weighted by Gasteiger charge is -2.26. The van der Waals surface area contributed by atoms with Crippen LogP contribution in [0.15, 0.2) is 42.5 Å². The molecule has 0 amide bonds. The molecule has 0 radical (unpaired) electrons. The van der Waals surface area contributed by atoms with Gasteiger partial charge in [-0.1, -0.05) is 70.2 Å². The zero-order valence-electron chi connectivity index (χ0n) is 21.1. The minimum Gasteiger partial charge on any atom is -0.507 e. The maximum Gasteiger partial charge on any atom is 0.344 e. The zero-order valence-corrected chi connectivity index (χ0v) is 22.0. The van der Waals surface area contributed by atoms with Crippen molar-refractivity contribution in [1.82, 2.24) is 5.32 Å². The van der Waals surface area contributed by atoms with Gasteiger partial charge in [-0.3, -0.25) is 9.88 Å².